The van der Waals surface area contributed by atoms with Gasteiger partial charge in [0.05, 0.1) is 11.3 Å². The Hall–Kier alpha value is -1.95. The zero-order valence-electron chi connectivity index (χ0n) is 9.55. The number of hydrogen-bond acceptors (Lipinski definition) is 4. The van der Waals surface area contributed by atoms with Gasteiger partial charge in [0.25, 0.3) is 5.69 Å². The van der Waals surface area contributed by atoms with Crippen LogP contribution in [-0.2, 0) is 11.2 Å². The average molecular weight is 237 g/mol. The summed E-state index contributed by atoms with van der Waals surface area (Å²) in [5.74, 6) is -0.266. The topological polar surface area (TPSA) is 98.3 Å². The molecule has 0 heterocycles. The van der Waals surface area contributed by atoms with E-state index in [-0.39, 0.29) is 24.1 Å². The van der Waals surface area contributed by atoms with E-state index in [0.29, 0.717) is 12.1 Å². The van der Waals surface area contributed by atoms with Crippen molar-refractivity contribution in [2.75, 3.05) is 6.54 Å². The van der Waals surface area contributed by atoms with E-state index in [4.69, 9.17) is 5.73 Å². The SMILES string of the molecule is C[C@@H](CN)NC(=O)Cc1ccccc1[N+](=O)[O-]. The first-order valence-corrected chi connectivity index (χ1v) is 5.26. The van der Waals surface area contributed by atoms with E-state index in [0.717, 1.165) is 0 Å². The Balaban J connectivity index is 2.74. The van der Waals surface area contributed by atoms with Gasteiger partial charge in [-0.05, 0) is 6.92 Å². The molecular formula is C11H15N3O3. The van der Waals surface area contributed by atoms with Gasteiger partial charge in [-0.1, -0.05) is 18.2 Å². The molecule has 92 valence electrons. The largest absolute Gasteiger partial charge is 0.352 e. The molecule has 1 aromatic carbocycles. The molecule has 0 saturated heterocycles. The summed E-state index contributed by atoms with van der Waals surface area (Å²) in [6.45, 7) is 2.11. The smallest absolute Gasteiger partial charge is 0.273 e. The number of nitro groups is 1. The molecule has 0 unspecified atom stereocenters. The Kier molecular flexibility index (Phi) is 4.59. The molecule has 1 aromatic rings. The number of carbonyl (C=O) groups excluding carboxylic acids is 1. The lowest BCUT2D eigenvalue weighted by Crippen LogP contribution is -2.38. The molecule has 3 N–H and O–H groups in total. The van der Waals surface area contributed by atoms with Crippen molar-refractivity contribution in [2.24, 2.45) is 5.73 Å². The van der Waals surface area contributed by atoms with E-state index in [1.165, 1.54) is 6.07 Å². The lowest BCUT2D eigenvalue weighted by Gasteiger charge is -2.11. The zero-order chi connectivity index (χ0) is 12.8. The molecule has 0 fully saturated rings. The third-order valence-electron chi connectivity index (χ3n) is 2.30. The van der Waals surface area contributed by atoms with Crippen LogP contribution >= 0.6 is 0 Å². The van der Waals surface area contributed by atoms with Crippen LogP contribution in [0.2, 0.25) is 0 Å². The maximum absolute atomic E-state index is 11.6. The fourth-order valence-corrected chi connectivity index (χ4v) is 1.40. The van der Waals surface area contributed by atoms with E-state index in [2.05, 4.69) is 5.32 Å². The van der Waals surface area contributed by atoms with Crippen LogP contribution in [0.4, 0.5) is 5.69 Å². The normalized spacial score (nSPS) is 11.9. The van der Waals surface area contributed by atoms with E-state index in [1.54, 1.807) is 25.1 Å². The first-order valence-electron chi connectivity index (χ1n) is 5.26. The lowest BCUT2D eigenvalue weighted by atomic mass is 10.1. The first-order chi connectivity index (χ1) is 8.04. The minimum Gasteiger partial charge on any atom is -0.352 e. The summed E-state index contributed by atoms with van der Waals surface area (Å²) in [4.78, 5) is 21.8. The van der Waals surface area contributed by atoms with Crippen LogP contribution in [0.3, 0.4) is 0 Å². The van der Waals surface area contributed by atoms with Crippen molar-refractivity contribution in [1.29, 1.82) is 0 Å². The summed E-state index contributed by atoms with van der Waals surface area (Å²) < 4.78 is 0. The van der Waals surface area contributed by atoms with Gasteiger partial charge in [0.2, 0.25) is 5.91 Å². The average Bonchev–Trinajstić information content (AvgIpc) is 2.29. The first kappa shape index (κ1) is 13.1. The maximum Gasteiger partial charge on any atom is 0.273 e. The van der Waals surface area contributed by atoms with Crippen molar-refractivity contribution in [2.45, 2.75) is 19.4 Å². The number of hydrogen-bond donors (Lipinski definition) is 2. The van der Waals surface area contributed by atoms with Crippen LogP contribution in [0.15, 0.2) is 24.3 Å². The van der Waals surface area contributed by atoms with Gasteiger partial charge in [-0.25, -0.2) is 0 Å². The summed E-state index contributed by atoms with van der Waals surface area (Å²) in [6, 6.07) is 6.06. The van der Waals surface area contributed by atoms with Crippen molar-refractivity contribution >= 4 is 11.6 Å². The fraction of sp³-hybridized carbons (Fsp3) is 0.364. The number of nitro benzene ring substituents is 1. The summed E-state index contributed by atoms with van der Waals surface area (Å²) in [7, 11) is 0. The van der Waals surface area contributed by atoms with E-state index in [1.807, 2.05) is 0 Å². The second kappa shape index (κ2) is 5.95. The molecule has 6 nitrogen and oxygen atoms in total. The highest BCUT2D eigenvalue weighted by Crippen LogP contribution is 2.17. The van der Waals surface area contributed by atoms with Crippen LogP contribution in [0.25, 0.3) is 0 Å². The molecule has 0 radical (unpaired) electrons. The Labute approximate surface area is 99.0 Å². The minimum absolute atomic E-state index is 0.0124. The highest BCUT2D eigenvalue weighted by Gasteiger charge is 2.15. The zero-order valence-corrected chi connectivity index (χ0v) is 9.55. The van der Waals surface area contributed by atoms with Crippen molar-refractivity contribution in [1.82, 2.24) is 5.32 Å². The third-order valence-corrected chi connectivity index (χ3v) is 2.30. The Morgan fingerprint density at radius 2 is 2.18 bits per heavy atom. The molecule has 1 amide bonds. The van der Waals surface area contributed by atoms with Crippen molar-refractivity contribution in [3.63, 3.8) is 0 Å². The van der Waals surface area contributed by atoms with Gasteiger partial charge in [0.15, 0.2) is 0 Å². The Bertz CT molecular complexity index is 420. The predicted molar refractivity (Wildman–Crippen MR) is 63.5 cm³/mol. The van der Waals surface area contributed by atoms with E-state index >= 15 is 0 Å². The molecule has 0 aliphatic heterocycles. The molecule has 0 spiro atoms. The summed E-state index contributed by atoms with van der Waals surface area (Å²) in [5.41, 5.74) is 5.73. The fourth-order valence-electron chi connectivity index (χ4n) is 1.40. The monoisotopic (exact) mass is 237 g/mol. The number of para-hydroxylation sites is 1. The number of amides is 1. The van der Waals surface area contributed by atoms with Crippen LogP contribution in [0.1, 0.15) is 12.5 Å². The lowest BCUT2D eigenvalue weighted by molar-refractivity contribution is -0.385. The predicted octanol–water partition coefficient (Wildman–Crippen LogP) is 0.601. The van der Waals surface area contributed by atoms with Crippen LogP contribution in [0.5, 0.6) is 0 Å². The molecule has 6 heteroatoms. The Morgan fingerprint density at radius 1 is 1.53 bits per heavy atom. The molecular weight excluding hydrogens is 222 g/mol. The van der Waals surface area contributed by atoms with Gasteiger partial charge in [-0.2, -0.15) is 0 Å². The standard InChI is InChI=1S/C11H15N3O3/c1-8(7-12)13-11(15)6-9-4-2-3-5-10(9)14(16)17/h2-5,8H,6-7,12H2,1H3,(H,13,15)/t8-/m0/s1. The second-order valence-corrected chi connectivity index (χ2v) is 3.77. The maximum atomic E-state index is 11.6. The van der Waals surface area contributed by atoms with Crippen LogP contribution in [0, 0.1) is 10.1 Å². The molecule has 0 saturated carbocycles. The quantitative estimate of drug-likeness (QED) is 0.578. The summed E-state index contributed by atoms with van der Waals surface area (Å²) in [5, 5.41) is 13.4. The molecule has 0 aliphatic rings. The molecule has 0 aliphatic carbocycles. The molecule has 0 aromatic heterocycles. The number of rotatable bonds is 5. The van der Waals surface area contributed by atoms with Crippen molar-refractivity contribution < 1.29 is 9.72 Å². The van der Waals surface area contributed by atoms with Crippen LogP contribution < -0.4 is 11.1 Å². The molecule has 1 atom stereocenters. The third kappa shape index (κ3) is 3.84. The molecule has 1 rings (SSSR count). The van der Waals surface area contributed by atoms with Gasteiger partial charge < -0.3 is 11.1 Å². The van der Waals surface area contributed by atoms with Crippen LogP contribution in [-0.4, -0.2) is 23.4 Å². The van der Waals surface area contributed by atoms with E-state index < -0.39 is 4.92 Å². The minimum atomic E-state index is -0.491. The highest BCUT2D eigenvalue weighted by atomic mass is 16.6. The number of carbonyl (C=O) groups is 1. The van der Waals surface area contributed by atoms with Crippen molar-refractivity contribution in [3.8, 4) is 0 Å². The number of nitrogens with zero attached hydrogens (tertiary/aromatic N) is 1. The van der Waals surface area contributed by atoms with Crippen molar-refractivity contribution in [3.05, 3.63) is 39.9 Å². The molecule has 17 heavy (non-hydrogen) atoms. The number of benzene rings is 1. The summed E-state index contributed by atoms with van der Waals surface area (Å²) >= 11 is 0. The van der Waals surface area contributed by atoms with Gasteiger partial charge in [-0.3, -0.25) is 14.9 Å². The number of nitrogens with one attached hydrogen (secondary N) is 1. The van der Waals surface area contributed by atoms with Gasteiger partial charge in [-0.15, -0.1) is 0 Å². The second-order valence-electron chi connectivity index (χ2n) is 3.77. The number of nitrogens with two attached hydrogens (primary N) is 1. The van der Waals surface area contributed by atoms with Gasteiger partial charge in [0, 0.05) is 24.2 Å². The van der Waals surface area contributed by atoms with Gasteiger partial charge in [0.1, 0.15) is 0 Å². The van der Waals surface area contributed by atoms with E-state index in [9.17, 15) is 14.9 Å². The highest BCUT2D eigenvalue weighted by molar-refractivity contribution is 5.80. The Morgan fingerprint density at radius 3 is 2.76 bits per heavy atom. The summed E-state index contributed by atoms with van der Waals surface area (Å²) in [6.07, 6.45) is -0.0124. The molecule has 0 bridgehead atoms. The van der Waals surface area contributed by atoms with Gasteiger partial charge >= 0.3 is 0 Å².